The lowest BCUT2D eigenvalue weighted by Crippen LogP contribution is -2.35. The molecule has 1 aliphatic carbocycles. The van der Waals surface area contributed by atoms with E-state index >= 15 is 0 Å². The third kappa shape index (κ3) is 4.93. The first-order valence-electron chi connectivity index (χ1n) is 12.2. The summed E-state index contributed by atoms with van der Waals surface area (Å²) < 4.78 is 0. The van der Waals surface area contributed by atoms with E-state index in [4.69, 9.17) is 4.98 Å². The Hall–Kier alpha value is -2.40. The smallest absolute Gasteiger partial charge is 0.137 e. The van der Waals surface area contributed by atoms with Crippen molar-refractivity contribution in [1.82, 2.24) is 20.1 Å². The molecular formula is C26H35N5. The van der Waals surface area contributed by atoms with Gasteiger partial charge in [-0.25, -0.2) is 4.98 Å². The number of nitrogens with zero attached hydrogens (tertiary/aromatic N) is 3. The quantitative estimate of drug-likeness (QED) is 0.532. The number of aromatic nitrogens is 3. The van der Waals surface area contributed by atoms with Gasteiger partial charge >= 0.3 is 0 Å². The maximum Gasteiger partial charge on any atom is 0.137 e. The number of benzene rings is 1. The van der Waals surface area contributed by atoms with E-state index in [1.807, 2.05) is 12.3 Å². The number of rotatable bonds is 7. The zero-order valence-electron chi connectivity index (χ0n) is 18.5. The summed E-state index contributed by atoms with van der Waals surface area (Å²) >= 11 is 0. The van der Waals surface area contributed by atoms with Gasteiger partial charge in [-0.05, 0) is 69.2 Å². The lowest BCUT2D eigenvalue weighted by atomic mass is 9.90. The number of H-pyrrole nitrogens is 1. The average Bonchev–Trinajstić information content (AvgIpc) is 3.25. The van der Waals surface area contributed by atoms with E-state index in [0.29, 0.717) is 12.0 Å². The van der Waals surface area contributed by atoms with E-state index in [1.54, 1.807) is 0 Å². The molecule has 0 radical (unpaired) electrons. The van der Waals surface area contributed by atoms with E-state index in [-0.39, 0.29) is 0 Å². The predicted molar refractivity (Wildman–Crippen MR) is 128 cm³/mol. The van der Waals surface area contributed by atoms with Gasteiger partial charge in [-0.15, -0.1) is 0 Å². The number of hydrogen-bond acceptors (Lipinski definition) is 4. The third-order valence-electron chi connectivity index (χ3n) is 7.16. The molecule has 164 valence electrons. The molecule has 1 saturated carbocycles. The van der Waals surface area contributed by atoms with Crippen LogP contribution in [0.2, 0.25) is 0 Å². The highest BCUT2D eigenvalue weighted by atomic mass is 15.1. The molecule has 31 heavy (non-hydrogen) atoms. The fourth-order valence-electron chi connectivity index (χ4n) is 5.49. The summed E-state index contributed by atoms with van der Waals surface area (Å²) in [5.74, 6) is 1.70. The highest BCUT2D eigenvalue weighted by molar-refractivity contribution is 5.91. The number of anilines is 1. The van der Waals surface area contributed by atoms with Gasteiger partial charge in [0.05, 0.1) is 16.6 Å². The molecule has 1 atom stereocenters. The van der Waals surface area contributed by atoms with Crippen LogP contribution in [0.1, 0.15) is 68.5 Å². The molecule has 3 heterocycles. The molecule has 5 nitrogen and oxygen atoms in total. The standard InChI is InChI=1S/C26H35N5/c1-3-9-20(10-4-1)21-11-7-17-31(19-21)18-8-14-23-25-24(30-29-23)15-16-27-26(25)28-22-12-5-2-6-13-22/h1,3-4,9-10,15-16,21-22H,2,5-8,11-14,17-19H2,(H,27,28)(H,29,30)/t21-/m1/s1. The molecule has 0 unspecified atom stereocenters. The van der Waals surface area contributed by atoms with Gasteiger partial charge < -0.3 is 10.2 Å². The molecule has 5 heteroatoms. The maximum atomic E-state index is 4.69. The third-order valence-corrected chi connectivity index (χ3v) is 7.16. The summed E-state index contributed by atoms with van der Waals surface area (Å²) in [4.78, 5) is 7.34. The molecule has 2 aliphatic rings. The molecule has 5 rings (SSSR count). The lowest BCUT2D eigenvalue weighted by Gasteiger charge is -2.33. The van der Waals surface area contributed by atoms with Crippen molar-refractivity contribution in [3.05, 3.63) is 53.9 Å². The Morgan fingerprint density at radius 1 is 1.00 bits per heavy atom. The largest absolute Gasteiger partial charge is 0.367 e. The van der Waals surface area contributed by atoms with Crippen molar-refractivity contribution < 1.29 is 0 Å². The number of pyridine rings is 1. The van der Waals surface area contributed by atoms with Gasteiger partial charge in [0.1, 0.15) is 5.82 Å². The van der Waals surface area contributed by atoms with Gasteiger partial charge in [-0.1, -0.05) is 49.6 Å². The fraction of sp³-hybridized carbons (Fsp3) is 0.538. The number of nitrogens with one attached hydrogen (secondary N) is 2. The topological polar surface area (TPSA) is 56.8 Å². The van der Waals surface area contributed by atoms with Crippen molar-refractivity contribution in [1.29, 1.82) is 0 Å². The summed E-state index contributed by atoms with van der Waals surface area (Å²) in [5, 5.41) is 12.8. The van der Waals surface area contributed by atoms with Crippen LogP contribution in [0.4, 0.5) is 5.82 Å². The second kappa shape index (κ2) is 9.82. The van der Waals surface area contributed by atoms with Gasteiger partial charge in [-0.3, -0.25) is 5.10 Å². The van der Waals surface area contributed by atoms with E-state index in [0.717, 1.165) is 36.4 Å². The van der Waals surface area contributed by atoms with Crippen molar-refractivity contribution in [3.63, 3.8) is 0 Å². The molecule has 2 fully saturated rings. The van der Waals surface area contributed by atoms with Crippen LogP contribution in [0.3, 0.4) is 0 Å². The van der Waals surface area contributed by atoms with E-state index < -0.39 is 0 Å². The monoisotopic (exact) mass is 417 g/mol. The summed E-state index contributed by atoms with van der Waals surface area (Å²) in [6, 6.07) is 13.6. The van der Waals surface area contributed by atoms with Crippen LogP contribution < -0.4 is 5.32 Å². The van der Waals surface area contributed by atoms with Crippen LogP contribution in [0.15, 0.2) is 42.6 Å². The zero-order chi connectivity index (χ0) is 20.9. The molecule has 2 aromatic heterocycles. The zero-order valence-corrected chi connectivity index (χ0v) is 18.5. The van der Waals surface area contributed by atoms with Gasteiger partial charge in [0.25, 0.3) is 0 Å². The second-order valence-electron chi connectivity index (χ2n) is 9.39. The Balaban J connectivity index is 1.21. The summed E-state index contributed by atoms with van der Waals surface area (Å²) in [5.41, 5.74) is 3.76. The highest BCUT2D eigenvalue weighted by Gasteiger charge is 2.21. The van der Waals surface area contributed by atoms with Gasteiger partial charge in [0.2, 0.25) is 0 Å². The second-order valence-corrected chi connectivity index (χ2v) is 9.39. The van der Waals surface area contributed by atoms with Gasteiger partial charge in [0.15, 0.2) is 0 Å². The Bertz CT molecular complexity index is 960. The first kappa shape index (κ1) is 20.5. The first-order valence-corrected chi connectivity index (χ1v) is 12.2. The Morgan fingerprint density at radius 3 is 2.74 bits per heavy atom. The minimum Gasteiger partial charge on any atom is -0.367 e. The fourth-order valence-corrected chi connectivity index (χ4v) is 5.49. The lowest BCUT2D eigenvalue weighted by molar-refractivity contribution is 0.206. The number of fused-ring (bicyclic) bond motifs is 1. The molecule has 2 N–H and O–H groups in total. The SMILES string of the molecule is c1ccc([C@@H]2CCCN(CCCc3n[nH]c4ccnc(NC5CCCCC5)c34)C2)cc1. The van der Waals surface area contributed by atoms with E-state index in [1.165, 1.54) is 69.0 Å². The van der Waals surface area contributed by atoms with Crippen molar-refractivity contribution >= 4 is 16.7 Å². The van der Waals surface area contributed by atoms with Crippen LogP contribution in [0.25, 0.3) is 10.9 Å². The van der Waals surface area contributed by atoms with Crippen molar-refractivity contribution in [2.24, 2.45) is 0 Å². The Labute approximate surface area is 185 Å². The van der Waals surface area contributed by atoms with Crippen LogP contribution in [-0.2, 0) is 6.42 Å². The number of likely N-dealkylation sites (tertiary alicyclic amines) is 1. The molecule has 3 aromatic rings. The van der Waals surface area contributed by atoms with E-state index in [2.05, 4.69) is 50.7 Å². The molecular weight excluding hydrogens is 382 g/mol. The molecule has 0 spiro atoms. The maximum absolute atomic E-state index is 4.69. The van der Waals surface area contributed by atoms with E-state index in [9.17, 15) is 0 Å². The van der Waals surface area contributed by atoms with Gasteiger partial charge in [-0.2, -0.15) is 5.10 Å². The van der Waals surface area contributed by atoms with Crippen molar-refractivity contribution in [2.75, 3.05) is 25.0 Å². The minimum atomic E-state index is 0.554. The van der Waals surface area contributed by atoms with Crippen LogP contribution in [0, 0.1) is 0 Å². The minimum absolute atomic E-state index is 0.554. The van der Waals surface area contributed by atoms with Crippen molar-refractivity contribution in [2.45, 2.75) is 69.7 Å². The highest BCUT2D eigenvalue weighted by Crippen LogP contribution is 2.29. The number of aryl methyl sites for hydroxylation is 1. The predicted octanol–water partition coefficient (Wildman–Crippen LogP) is 5.51. The average molecular weight is 418 g/mol. The molecule has 0 bridgehead atoms. The number of aromatic amines is 1. The summed E-state index contributed by atoms with van der Waals surface area (Å²) in [7, 11) is 0. The number of hydrogen-bond donors (Lipinski definition) is 2. The molecule has 1 saturated heterocycles. The van der Waals surface area contributed by atoms with Crippen molar-refractivity contribution in [3.8, 4) is 0 Å². The molecule has 1 aliphatic heterocycles. The molecule has 0 amide bonds. The summed E-state index contributed by atoms with van der Waals surface area (Å²) in [6.07, 6.45) is 13.2. The van der Waals surface area contributed by atoms with Crippen LogP contribution in [-0.4, -0.2) is 45.8 Å². The van der Waals surface area contributed by atoms with Crippen LogP contribution >= 0.6 is 0 Å². The first-order chi connectivity index (χ1) is 15.4. The Morgan fingerprint density at radius 2 is 1.87 bits per heavy atom. The summed E-state index contributed by atoms with van der Waals surface area (Å²) in [6.45, 7) is 3.55. The Kier molecular flexibility index (Phi) is 6.49. The van der Waals surface area contributed by atoms with Gasteiger partial charge in [0, 0.05) is 18.8 Å². The molecule has 1 aromatic carbocycles. The normalized spacial score (nSPS) is 20.8. The number of piperidine rings is 1. The van der Waals surface area contributed by atoms with Crippen LogP contribution in [0.5, 0.6) is 0 Å².